The molecule has 6 aromatic rings. The molecular weight excluding hydrogens is 772 g/mol. The third-order valence-corrected chi connectivity index (χ3v) is 8.25. The van der Waals surface area contributed by atoms with Gasteiger partial charge in [-0.25, -0.2) is 0 Å². The van der Waals surface area contributed by atoms with Gasteiger partial charge in [-0.2, -0.15) is 0 Å². The lowest BCUT2D eigenvalue weighted by molar-refractivity contribution is -0.385. The third kappa shape index (κ3) is 14.1. The fraction of sp³-hybridized carbons (Fsp3) is 0.100. The van der Waals surface area contributed by atoms with Gasteiger partial charge in [-0.15, -0.1) is 30.6 Å². The van der Waals surface area contributed by atoms with Gasteiger partial charge in [0.05, 0.1) is 9.85 Å². The molecule has 0 spiro atoms. The van der Waals surface area contributed by atoms with E-state index in [9.17, 15) is 34.6 Å². The summed E-state index contributed by atoms with van der Waals surface area (Å²) in [5.41, 5.74) is 12.4. The molecule has 0 unspecified atom stereocenters. The number of aromatic nitrogens is 6. The average Bonchev–Trinajstić information content (AvgIpc) is 3.85. The number of aryl methyl sites for hydroxylation is 3. The number of non-ortho nitro benzene ring substituents is 2. The number of anilines is 4. The first-order valence-corrected chi connectivity index (χ1v) is 17.3. The Morgan fingerprint density at radius 3 is 1.23 bits per heavy atom. The number of nitro benzene ring substituents is 2. The number of amides is 2. The number of benzene rings is 3. The van der Waals surface area contributed by atoms with Gasteiger partial charge < -0.3 is 11.5 Å². The van der Waals surface area contributed by atoms with E-state index in [0.717, 1.165) is 15.0 Å². The molecule has 0 radical (unpaired) electrons. The third-order valence-electron chi connectivity index (χ3n) is 5.85. The number of carbonyl (C=O) groups is 3. The molecule has 0 aliphatic heterocycles. The van der Waals surface area contributed by atoms with Crippen molar-refractivity contribution in [2.24, 2.45) is 0 Å². The summed E-state index contributed by atoms with van der Waals surface area (Å²) in [6.07, 6.45) is 0. The van der Waals surface area contributed by atoms with Crippen LogP contribution in [0.1, 0.15) is 46.1 Å². The van der Waals surface area contributed by atoms with Crippen molar-refractivity contribution in [1.82, 2.24) is 30.6 Å². The van der Waals surface area contributed by atoms with Crippen molar-refractivity contribution in [1.29, 1.82) is 0 Å². The van der Waals surface area contributed by atoms with Crippen LogP contribution in [0.5, 0.6) is 0 Å². The van der Waals surface area contributed by atoms with E-state index in [-0.39, 0.29) is 28.8 Å². The van der Waals surface area contributed by atoms with Crippen molar-refractivity contribution in [3.8, 4) is 0 Å². The molecule has 6 N–H and O–H groups in total. The average molecular weight is 799 g/mol. The van der Waals surface area contributed by atoms with Crippen molar-refractivity contribution in [2.75, 3.05) is 22.1 Å². The molecule has 3 heterocycles. The largest absolute Gasteiger partial charge is 0.399 e. The summed E-state index contributed by atoms with van der Waals surface area (Å²) in [6.45, 7) is 5.48. The van der Waals surface area contributed by atoms with Gasteiger partial charge in [-0.3, -0.25) is 45.2 Å². The molecule has 0 saturated heterocycles. The molecule has 0 aliphatic rings. The molecule has 0 fully saturated rings. The summed E-state index contributed by atoms with van der Waals surface area (Å²) in [5, 5.41) is 51.5. The molecule has 0 bridgehead atoms. The Labute approximate surface area is 316 Å². The SMILES string of the molecule is Cc1nnc(N)s1.Cc1nnc(NC(=O)c2ccc(N)cc2)s1.Cc1nnc(NC(=O)c2ccc([N+](=O)[O-])cc2)s1.O=C(Cl)c1ccc([N+](=O)[O-])cc1. The first-order valence-electron chi connectivity index (χ1n) is 14.4. The number of nitrogens with one attached hydrogen (secondary N) is 2. The molecule has 0 aliphatic carbocycles. The summed E-state index contributed by atoms with van der Waals surface area (Å²) in [6, 6.07) is 17.1. The molecule has 6 rings (SSSR count). The number of nitrogens with two attached hydrogens (primary N) is 2. The summed E-state index contributed by atoms with van der Waals surface area (Å²) in [7, 11) is 0. The highest BCUT2D eigenvalue weighted by molar-refractivity contribution is 7.15. The van der Waals surface area contributed by atoms with E-state index in [1.54, 1.807) is 31.2 Å². The monoisotopic (exact) mass is 798 g/mol. The van der Waals surface area contributed by atoms with E-state index in [1.165, 1.54) is 82.5 Å². The van der Waals surface area contributed by atoms with Gasteiger partial charge in [0.15, 0.2) is 0 Å². The zero-order valence-corrected chi connectivity index (χ0v) is 30.8. The van der Waals surface area contributed by atoms with Crippen LogP contribution >= 0.6 is 45.6 Å². The van der Waals surface area contributed by atoms with Crippen LogP contribution in [0.15, 0.2) is 72.8 Å². The lowest BCUT2D eigenvalue weighted by atomic mass is 10.2. The number of nitro groups is 2. The first-order chi connectivity index (χ1) is 25.1. The molecule has 3 aromatic carbocycles. The highest BCUT2D eigenvalue weighted by atomic mass is 35.5. The fourth-order valence-corrected chi connectivity index (χ4v) is 5.19. The normalized spacial score (nSPS) is 9.81. The van der Waals surface area contributed by atoms with Crippen molar-refractivity contribution in [3.05, 3.63) is 125 Å². The molecule has 2 amide bonds. The van der Waals surface area contributed by atoms with Crippen molar-refractivity contribution in [3.63, 3.8) is 0 Å². The second kappa shape index (κ2) is 19.9. The van der Waals surface area contributed by atoms with Gasteiger partial charge in [-0.05, 0) is 80.9 Å². The van der Waals surface area contributed by atoms with Gasteiger partial charge in [-0.1, -0.05) is 34.0 Å². The maximum Gasteiger partial charge on any atom is 0.269 e. The topological polar surface area (TPSA) is 291 Å². The summed E-state index contributed by atoms with van der Waals surface area (Å²) >= 11 is 9.12. The summed E-state index contributed by atoms with van der Waals surface area (Å²) in [5.74, 6) is -0.586. The lowest BCUT2D eigenvalue weighted by Crippen LogP contribution is -2.11. The Kier molecular flexibility index (Phi) is 15.4. The molecule has 23 heteroatoms. The second-order valence-corrected chi connectivity index (χ2v) is 13.7. The predicted molar refractivity (Wildman–Crippen MR) is 201 cm³/mol. The second-order valence-electron chi connectivity index (χ2n) is 9.82. The first kappa shape index (κ1) is 41.1. The number of hydrogen-bond acceptors (Lipinski definition) is 18. The number of nitrogens with zero attached hydrogens (tertiary/aromatic N) is 8. The molecule has 53 heavy (non-hydrogen) atoms. The molecule has 0 saturated carbocycles. The van der Waals surface area contributed by atoms with Crippen LogP contribution in [0.25, 0.3) is 0 Å². The summed E-state index contributed by atoms with van der Waals surface area (Å²) < 4.78 is 0. The lowest BCUT2D eigenvalue weighted by Gasteiger charge is -2.00. The van der Waals surface area contributed by atoms with Crippen LogP contribution in [-0.4, -0.2) is 57.5 Å². The number of rotatable bonds is 7. The Bertz CT molecular complexity index is 2130. The van der Waals surface area contributed by atoms with Gasteiger partial charge in [0, 0.05) is 46.6 Å². The van der Waals surface area contributed by atoms with Crippen LogP contribution in [-0.2, 0) is 0 Å². The van der Waals surface area contributed by atoms with Gasteiger partial charge in [0.2, 0.25) is 15.4 Å². The number of hydrogen-bond donors (Lipinski definition) is 4. The maximum atomic E-state index is 11.8. The highest BCUT2D eigenvalue weighted by Crippen LogP contribution is 2.18. The van der Waals surface area contributed by atoms with Crippen molar-refractivity contribution < 1.29 is 24.2 Å². The van der Waals surface area contributed by atoms with E-state index in [0.29, 0.717) is 32.2 Å². The quantitative estimate of drug-likeness (QED) is 0.0615. The van der Waals surface area contributed by atoms with E-state index < -0.39 is 15.1 Å². The van der Waals surface area contributed by atoms with Gasteiger partial charge in [0.25, 0.3) is 28.4 Å². The minimum absolute atomic E-state index is 0.0571. The van der Waals surface area contributed by atoms with Gasteiger partial charge >= 0.3 is 0 Å². The zero-order chi connectivity index (χ0) is 39.1. The fourth-order valence-electron chi connectivity index (χ4n) is 3.43. The van der Waals surface area contributed by atoms with Crippen molar-refractivity contribution >= 4 is 95.1 Å². The number of carbonyl (C=O) groups excluding carboxylic acids is 3. The van der Waals surface area contributed by atoms with E-state index in [1.807, 2.05) is 13.8 Å². The van der Waals surface area contributed by atoms with Crippen LogP contribution < -0.4 is 22.1 Å². The Morgan fingerprint density at radius 2 is 0.943 bits per heavy atom. The number of nitrogen functional groups attached to an aromatic ring is 2. The Hall–Kier alpha value is -6.36. The molecule has 0 atom stereocenters. The molecular formula is C30H27ClN12O7S3. The van der Waals surface area contributed by atoms with Crippen LogP contribution in [0.2, 0.25) is 0 Å². The minimum atomic E-state index is -0.620. The van der Waals surface area contributed by atoms with E-state index >= 15 is 0 Å². The smallest absolute Gasteiger partial charge is 0.269 e. The Balaban J connectivity index is 0.000000199. The van der Waals surface area contributed by atoms with Crippen LogP contribution in [0.4, 0.5) is 32.5 Å². The van der Waals surface area contributed by atoms with Crippen molar-refractivity contribution in [2.45, 2.75) is 20.8 Å². The Morgan fingerprint density at radius 1 is 0.585 bits per heavy atom. The summed E-state index contributed by atoms with van der Waals surface area (Å²) in [4.78, 5) is 53.6. The minimum Gasteiger partial charge on any atom is -0.399 e. The van der Waals surface area contributed by atoms with E-state index in [4.69, 9.17) is 23.1 Å². The predicted octanol–water partition coefficient (Wildman–Crippen LogP) is 6.09. The van der Waals surface area contributed by atoms with Crippen LogP contribution in [0.3, 0.4) is 0 Å². The molecule has 274 valence electrons. The number of halogens is 1. The zero-order valence-electron chi connectivity index (χ0n) is 27.6. The molecule has 19 nitrogen and oxygen atoms in total. The van der Waals surface area contributed by atoms with Crippen LogP contribution in [0, 0.1) is 41.0 Å². The molecule has 3 aromatic heterocycles. The maximum absolute atomic E-state index is 11.8. The highest BCUT2D eigenvalue weighted by Gasteiger charge is 2.12. The van der Waals surface area contributed by atoms with E-state index in [2.05, 4.69) is 41.2 Å². The van der Waals surface area contributed by atoms with Gasteiger partial charge in [0.1, 0.15) is 15.0 Å². The standard InChI is InChI=1S/C10H8N4O3S.C10H10N4OS.C7H4ClNO3.C3H5N3S/c1-6-12-13-10(18-6)11-9(15)7-2-4-8(5-3-7)14(16)17;1-6-13-14-10(16-6)12-9(15)7-2-4-8(11)5-3-7;8-7(10)5-1-3-6(4-2-5)9(11)12;1-2-5-6-3(4)7-2/h2-5H,1H3,(H,11,13,15);2-5H,11H2,1H3,(H,12,14,15);1-4H;1H3,(H2,4,6).